The van der Waals surface area contributed by atoms with Crippen LogP contribution in [0.5, 0.6) is 11.5 Å². The number of amides is 1. The van der Waals surface area contributed by atoms with Gasteiger partial charge in [-0.05, 0) is 49.8 Å². The van der Waals surface area contributed by atoms with Crippen molar-refractivity contribution in [3.63, 3.8) is 0 Å². The van der Waals surface area contributed by atoms with Gasteiger partial charge in [0.05, 0.1) is 11.4 Å². The number of carbonyl (C=O) groups excluding carboxylic acids is 1. The maximum Gasteiger partial charge on any atom is 0.224 e. The topological polar surface area (TPSA) is 50.8 Å². The lowest BCUT2D eigenvalue weighted by molar-refractivity contribution is -0.121. The van der Waals surface area contributed by atoms with Crippen LogP contribution in [0, 0.1) is 11.8 Å². The number of likely N-dealkylation sites (tertiary alicyclic amines) is 1. The molecule has 1 aromatic carbocycles. The van der Waals surface area contributed by atoms with Crippen LogP contribution in [-0.2, 0) is 11.2 Å². The molecule has 2 aliphatic rings. The van der Waals surface area contributed by atoms with Crippen molar-refractivity contribution < 1.29 is 14.3 Å². The van der Waals surface area contributed by atoms with E-state index in [9.17, 15) is 4.79 Å². The maximum absolute atomic E-state index is 12.5. The lowest BCUT2D eigenvalue weighted by Crippen LogP contribution is -2.56. The minimum Gasteiger partial charge on any atom is -0.486 e. The Hall–Kier alpha value is -1.46. The molecule has 0 saturated carbocycles. The van der Waals surface area contributed by atoms with Crippen LogP contribution in [-0.4, -0.2) is 49.2 Å². The zero-order valence-corrected chi connectivity index (χ0v) is 17.6. The number of fused-ring (bicyclic) bond motifs is 1. The molecule has 6 heteroatoms. The predicted molar refractivity (Wildman–Crippen MR) is 108 cm³/mol. The summed E-state index contributed by atoms with van der Waals surface area (Å²) in [5, 5.41) is 3.59. The van der Waals surface area contributed by atoms with E-state index in [2.05, 4.69) is 37.9 Å². The van der Waals surface area contributed by atoms with Gasteiger partial charge in [-0.1, -0.05) is 25.4 Å². The van der Waals surface area contributed by atoms with E-state index >= 15 is 0 Å². The van der Waals surface area contributed by atoms with Gasteiger partial charge in [0.25, 0.3) is 0 Å². The number of piperidine rings is 1. The molecule has 1 aromatic rings. The van der Waals surface area contributed by atoms with Crippen LogP contribution in [0.25, 0.3) is 0 Å². The molecule has 2 atom stereocenters. The predicted octanol–water partition coefficient (Wildman–Crippen LogP) is 3.53. The molecule has 2 unspecified atom stereocenters. The number of nitrogens with zero attached hydrogens (tertiary/aromatic N) is 1. The SMILES string of the molecule is CC1CC(C)CN(C(C)(C)CNC(=O)Cc2cc(Cl)c3c(c2)OCCO3)C1. The molecule has 0 spiro atoms. The van der Waals surface area contributed by atoms with Crippen LogP contribution in [0.3, 0.4) is 0 Å². The summed E-state index contributed by atoms with van der Waals surface area (Å²) in [5.74, 6) is 2.58. The lowest BCUT2D eigenvalue weighted by Gasteiger charge is -2.45. The molecule has 0 aromatic heterocycles. The van der Waals surface area contributed by atoms with Gasteiger partial charge in [0.2, 0.25) is 5.91 Å². The summed E-state index contributed by atoms with van der Waals surface area (Å²) < 4.78 is 11.1. The van der Waals surface area contributed by atoms with Crippen LogP contribution >= 0.6 is 11.6 Å². The van der Waals surface area contributed by atoms with E-state index in [4.69, 9.17) is 21.1 Å². The Morgan fingerprint density at radius 1 is 1.22 bits per heavy atom. The van der Waals surface area contributed by atoms with Crippen molar-refractivity contribution in [2.75, 3.05) is 32.8 Å². The first-order chi connectivity index (χ1) is 12.7. The van der Waals surface area contributed by atoms with Crippen molar-refractivity contribution in [1.29, 1.82) is 0 Å². The molecule has 1 amide bonds. The Kier molecular flexibility index (Phi) is 6.21. The van der Waals surface area contributed by atoms with Gasteiger partial charge < -0.3 is 14.8 Å². The molecule has 27 heavy (non-hydrogen) atoms. The molecule has 1 N–H and O–H groups in total. The highest BCUT2D eigenvalue weighted by Gasteiger charge is 2.32. The van der Waals surface area contributed by atoms with Crippen LogP contribution < -0.4 is 14.8 Å². The molecule has 0 bridgehead atoms. The van der Waals surface area contributed by atoms with Crippen LogP contribution in [0.1, 0.15) is 39.7 Å². The highest BCUT2D eigenvalue weighted by atomic mass is 35.5. The third-order valence-corrected chi connectivity index (χ3v) is 5.75. The molecular formula is C21H31ClN2O3. The van der Waals surface area contributed by atoms with E-state index in [0.717, 1.165) is 18.7 Å². The Labute approximate surface area is 167 Å². The van der Waals surface area contributed by atoms with Gasteiger partial charge in [0.15, 0.2) is 11.5 Å². The van der Waals surface area contributed by atoms with Crippen molar-refractivity contribution in [2.45, 2.75) is 46.1 Å². The number of rotatable bonds is 5. The second kappa shape index (κ2) is 8.27. The van der Waals surface area contributed by atoms with Gasteiger partial charge >= 0.3 is 0 Å². The molecule has 5 nitrogen and oxygen atoms in total. The van der Waals surface area contributed by atoms with E-state index in [0.29, 0.717) is 48.1 Å². The number of hydrogen-bond donors (Lipinski definition) is 1. The number of nitrogens with one attached hydrogen (secondary N) is 1. The fraction of sp³-hybridized carbons (Fsp3) is 0.667. The van der Waals surface area contributed by atoms with Crippen molar-refractivity contribution in [1.82, 2.24) is 10.2 Å². The quantitative estimate of drug-likeness (QED) is 0.830. The van der Waals surface area contributed by atoms with Gasteiger partial charge in [-0.25, -0.2) is 0 Å². The summed E-state index contributed by atoms with van der Waals surface area (Å²) in [5.41, 5.74) is 0.767. The van der Waals surface area contributed by atoms with Crippen molar-refractivity contribution in [3.8, 4) is 11.5 Å². The van der Waals surface area contributed by atoms with Crippen molar-refractivity contribution in [2.24, 2.45) is 11.8 Å². The first-order valence-corrected chi connectivity index (χ1v) is 10.2. The Bertz CT molecular complexity index is 682. The zero-order valence-electron chi connectivity index (χ0n) is 16.8. The first-order valence-electron chi connectivity index (χ1n) is 9.84. The van der Waals surface area contributed by atoms with E-state index in [1.165, 1.54) is 6.42 Å². The second-order valence-electron chi connectivity index (χ2n) is 8.72. The molecule has 1 fully saturated rings. The number of benzene rings is 1. The Morgan fingerprint density at radius 3 is 2.59 bits per heavy atom. The monoisotopic (exact) mass is 394 g/mol. The summed E-state index contributed by atoms with van der Waals surface area (Å²) >= 11 is 6.27. The highest BCUT2D eigenvalue weighted by Crippen LogP contribution is 2.38. The van der Waals surface area contributed by atoms with Crippen LogP contribution in [0.4, 0.5) is 0 Å². The standard InChI is InChI=1S/C21H31ClN2O3/c1-14-7-15(2)12-24(11-14)21(3,4)13-23-19(25)10-16-8-17(22)20-18(9-16)26-5-6-27-20/h8-9,14-15H,5-7,10-13H2,1-4H3,(H,23,25). The normalized spacial score (nSPS) is 23.1. The number of ether oxygens (including phenoxy) is 2. The second-order valence-corrected chi connectivity index (χ2v) is 9.13. The van der Waals surface area contributed by atoms with Gasteiger partial charge in [-0.2, -0.15) is 0 Å². The number of carbonyl (C=O) groups is 1. The molecule has 3 rings (SSSR count). The Morgan fingerprint density at radius 2 is 1.89 bits per heavy atom. The third kappa shape index (κ3) is 5.08. The summed E-state index contributed by atoms with van der Waals surface area (Å²) in [6, 6.07) is 3.63. The summed E-state index contributed by atoms with van der Waals surface area (Å²) in [4.78, 5) is 15.0. The lowest BCUT2D eigenvalue weighted by atomic mass is 9.88. The average Bonchev–Trinajstić information content (AvgIpc) is 2.59. The smallest absolute Gasteiger partial charge is 0.224 e. The van der Waals surface area contributed by atoms with Crippen molar-refractivity contribution in [3.05, 3.63) is 22.7 Å². The molecular weight excluding hydrogens is 364 g/mol. The molecule has 0 aliphatic carbocycles. The van der Waals surface area contributed by atoms with E-state index < -0.39 is 0 Å². The van der Waals surface area contributed by atoms with E-state index in [1.807, 2.05) is 6.07 Å². The average molecular weight is 395 g/mol. The van der Waals surface area contributed by atoms with Gasteiger partial charge in [0, 0.05) is 25.2 Å². The van der Waals surface area contributed by atoms with Crippen molar-refractivity contribution >= 4 is 17.5 Å². The number of hydrogen-bond acceptors (Lipinski definition) is 4. The van der Waals surface area contributed by atoms with Crippen LogP contribution in [0.2, 0.25) is 5.02 Å². The highest BCUT2D eigenvalue weighted by molar-refractivity contribution is 6.32. The Balaban J connectivity index is 1.57. The van der Waals surface area contributed by atoms with E-state index in [1.54, 1.807) is 6.07 Å². The fourth-order valence-corrected chi connectivity index (χ4v) is 4.39. The van der Waals surface area contributed by atoms with E-state index in [-0.39, 0.29) is 17.9 Å². The first kappa shape index (κ1) is 20.3. The minimum absolute atomic E-state index is 0.00562. The molecule has 2 aliphatic heterocycles. The van der Waals surface area contributed by atoms with Gasteiger partial charge in [-0.15, -0.1) is 0 Å². The van der Waals surface area contributed by atoms with Crippen LogP contribution in [0.15, 0.2) is 12.1 Å². The molecule has 2 heterocycles. The fourth-order valence-electron chi connectivity index (χ4n) is 4.10. The largest absolute Gasteiger partial charge is 0.486 e. The van der Waals surface area contributed by atoms with Gasteiger partial charge in [0.1, 0.15) is 13.2 Å². The summed E-state index contributed by atoms with van der Waals surface area (Å²) in [6.45, 7) is 12.8. The molecule has 1 saturated heterocycles. The summed E-state index contributed by atoms with van der Waals surface area (Å²) in [6.07, 6.45) is 1.56. The zero-order chi connectivity index (χ0) is 19.6. The molecule has 150 valence electrons. The minimum atomic E-state index is -0.0664. The van der Waals surface area contributed by atoms with Gasteiger partial charge in [-0.3, -0.25) is 9.69 Å². The summed E-state index contributed by atoms with van der Waals surface area (Å²) in [7, 11) is 0. The maximum atomic E-state index is 12.5. The molecule has 0 radical (unpaired) electrons. The number of halogens is 1. The third-order valence-electron chi connectivity index (χ3n) is 5.46.